The van der Waals surface area contributed by atoms with Gasteiger partial charge in [0.1, 0.15) is 12.6 Å². The Balaban J connectivity index is 1.34. The number of hydroxylamine groups is 1. The summed E-state index contributed by atoms with van der Waals surface area (Å²) < 4.78 is 31.6. The average molecular weight is 571 g/mol. The van der Waals surface area contributed by atoms with E-state index in [0.717, 1.165) is 16.2 Å². The lowest BCUT2D eigenvalue weighted by Crippen LogP contribution is -2.49. The molecule has 1 atom stereocenters. The van der Waals surface area contributed by atoms with Gasteiger partial charge < -0.3 is 9.57 Å². The number of anilines is 1. The van der Waals surface area contributed by atoms with Crippen LogP contribution in [0.2, 0.25) is 0 Å². The van der Waals surface area contributed by atoms with Crippen LogP contribution >= 0.6 is 0 Å². The van der Waals surface area contributed by atoms with Crippen LogP contribution in [0.25, 0.3) is 0 Å². The predicted molar refractivity (Wildman–Crippen MR) is 154 cm³/mol. The molecular formula is C32H30N2O6S. The molecule has 0 spiro atoms. The van der Waals surface area contributed by atoms with Crippen LogP contribution < -0.4 is 9.90 Å². The highest BCUT2D eigenvalue weighted by atomic mass is 32.2. The molecule has 0 aliphatic carbocycles. The van der Waals surface area contributed by atoms with Gasteiger partial charge in [0.2, 0.25) is 9.84 Å². The fraction of sp³-hybridized carbons (Fsp3) is 0.188. The molecule has 1 saturated heterocycles. The second kappa shape index (κ2) is 12.3. The standard InChI is InChI=1S/C32H30N2O6S/c1-24-14-18-28(19-15-24)41(37,38)29-20-16-27(17-21-29)40-34(26-11-6-3-7-12-26)31(35)30-13-8-22-33(30)32(36)39-23-25-9-4-2-5-10-25/h2-7,9-12,14-21,30H,8,13,22-23H2,1H3. The number of hydrogen-bond acceptors (Lipinski definition) is 6. The van der Waals surface area contributed by atoms with E-state index in [4.69, 9.17) is 9.57 Å². The van der Waals surface area contributed by atoms with Crippen LogP contribution in [0.3, 0.4) is 0 Å². The van der Waals surface area contributed by atoms with Gasteiger partial charge in [-0.3, -0.25) is 9.69 Å². The van der Waals surface area contributed by atoms with E-state index in [1.807, 2.05) is 43.3 Å². The first-order valence-corrected chi connectivity index (χ1v) is 14.8. The Labute approximate surface area is 239 Å². The third-order valence-electron chi connectivity index (χ3n) is 6.83. The molecule has 5 rings (SSSR count). The van der Waals surface area contributed by atoms with E-state index in [-0.39, 0.29) is 22.1 Å². The van der Waals surface area contributed by atoms with Gasteiger partial charge >= 0.3 is 6.09 Å². The first-order valence-electron chi connectivity index (χ1n) is 13.3. The van der Waals surface area contributed by atoms with Gasteiger partial charge in [-0.2, -0.15) is 0 Å². The smallest absolute Gasteiger partial charge is 0.410 e. The van der Waals surface area contributed by atoms with Gasteiger partial charge in [-0.1, -0.05) is 66.2 Å². The van der Waals surface area contributed by atoms with Crippen molar-refractivity contribution >= 4 is 27.5 Å². The van der Waals surface area contributed by atoms with Crippen molar-refractivity contribution in [3.05, 3.63) is 120 Å². The van der Waals surface area contributed by atoms with E-state index >= 15 is 0 Å². The zero-order chi connectivity index (χ0) is 28.8. The molecule has 1 unspecified atom stereocenters. The quantitative estimate of drug-likeness (QED) is 0.243. The molecular weight excluding hydrogens is 540 g/mol. The summed E-state index contributed by atoms with van der Waals surface area (Å²) in [5, 5.41) is 1.15. The third-order valence-corrected chi connectivity index (χ3v) is 8.62. The number of hydrogen-bond donors (Lipinski definition) is 0. The summed E-state index contributed by atoms with van der Waals surface area (Å²) in [5.74, 6) is -0.164. The van der Waals surface area contributed by atoms with Gasteiger partial charge in [0, 0.05) is 6.54 Å². The van der Waals surface area contributed by atoms with Gasteiger partial charge in [0.05, 0.1) is 15.5 Å². The summed E-state index contributed by atoms with van der Waals surface area (Å²) in [4.78, 5) is 34.5. The molecule has 1 aliphatic rings. The molecule has 0 bridgehead atoms. The Morgan fingerprint density at radius 3 is 2.05 bits per heavy atom. The van der Waals surface area contributed by atoms with Crippen molar-refractivity contribution in [2.24, 2.45) is 0 Å². The lowest BCUT2D eigenvalue weighted by molar-refractivity contribution is -0.126. The lowest BCUT2D eigenvalue weighted by Gasteiger charge is -2.29. The second-order valence-corrected chi connectivity index (χ2v) is 11.7. The Morgan fingerprint density at radius 1 is 0.829 bits per heavy atom. The largest absolute Gasteiger partial charge is 0.445 e. The van der Waals surface area contributed by atoms with E-state index in [2.05, 4.69) is 0 Å². The highest BCUT2D eigenvalue weighted by Gasteiger charge is 2.39. The molecule has 0 aromatic heterocycles. The number of amides is 2. The molecule has 0 N–H and O–H groups in total. The zero-order valence-corrected chi connectivity index (χ0v) is 23.4. The van der Waals surface area contributed by atoms with Crippen molar-refractivity contribution in [3.8, 4) is 5.75 Å². The molecule has 210 valence electrons. The number of para-hydroxylation sites is 1. The average Bonchev–Trinajstić information content (AvgIpc) is 3.50. The number of carbonyl (C=O) groups excluding carboxylic acids is 2. The number of sulfone groups is 1. The Hall–Kier alpha value is -4.63. The summed E-state index contributed by atoms with van der Waals surface area (Å²) >= 11 is 0. The number of nitrogens with zero attached hydrogens (tertiary/aromatic N) is 2. The number of ether oxygens (including phenoxy) is 1. The van der Waals surface area contributed by atoms with Crippen LogP contribution in [0, 0.1) is 6.92 Å². The topological polar surface area (TPSA) is 93.2 Å². The summed E-state index contributed by atoms with van der Waals surface area (Å²) in [6, 6.07) is 29.9. The Morgan fingerprint density at radius 2 is 1.41 bits per heavy atom. The summed E-state index contributed by atoms with van der Waals surface area (Å²) in [5.41, 5.74) is 2.28. The van der Waals surface area contributed by atoms with Gasteiger partial charge in [0.15, 0.2) is 5.75 Å². The molecule has 1 heterocycles. The van der Waals surface area contributed by atoms with Crippen LogP contribution in [0.1, 0.15) is 24.0 Å². The molecule has 9 heteroatoms. The molecule has 8 nitrogen and oxygen atoms in total. The number of likely N-dealkylation sites (tertiary alicyclic amines) is 1. The van der Waals surface area contributed by atoms with Crippen LogP contribution in [0.15, 0.2) is 119 Å². The molecule has 4 aromatic rings. The Kier molecular flexibility index (Phi) is 8.35. The van der Waals surface area contributed by atoms with Crippen molar-refractivity contribution in [3.63, 3.8) is 0 Å². The van der Waals surface area contributed by atoms with E-state index in [1.165, 1.54) is 29.2 Å². The van der Waals surface area contributed by atoms with Crippen molar-refractivity contribution in [1.29, 1.82) is 0 Å². The third kappa shape index (κ3) is 6.41. The van der Waals surface area contributed by atoms with Crippen molar-refractivity contribution in [2.45, 2.75) is 42.2 Å². The number of rotatable bonds is 8. The van der Waals surface area contributed by atoms with Crippen LogP contribution in [0.4, 0.5) is 10.5 Å². The zero-order valence-electron chi connectivity index (χ0n) is 22.6. The minimum absolute atomic E-state index is 0.105. The van der Waals surface area contributed by atoms with E-state index in [9.17, 15) is 18.0 Å². The SMILES string of the molecule is Cc1ccc(S(=O)(=O)c2ccc(ON(C(=O)C3CCCN3C(=O)OCc3ccccc3)c3ccccc3)cc2)cc1. The molecule has 2 amide bonds. The molecule has 1 fully saturated rings. The van der Waals surface area contributed by atoms with Gasteiger partial charge in [-0.15, -0.1) is 5.06 Å². The lowest BCUT2D eigenvalue weighted by atomic mass is 10.2. The highest BCUT2D eigenvalue weighted by molar-refractivity contribution is 7.91. The van der Waals surface area contributed by atoms with Crippen LogP contribution in [-0.2, 0) is 26.0 Å². The van der Waals surface area contributed by atoms with Crippen LogP contribution in [-0.4, -0.2) is 37.9 Å². The fourth-order valence-corrected chi connectivity index (χ4v) is 5.87. The predicted octanol–water partition coefficient (Wildman–Crippen LogP) is 5.96. The first kappa shape index (κ1) is 27.9. The summed E-state index contributed by atoms with van der Waals surface area (Å²) in [6.07, 6.45) is 0.536. The monoisotopic (exact) mass is 570 g/mol. The van der Waals surface area contributed by atoms with E-state index in [0.29, 0.717) is 25.1 Å². The number of carbonyl (C=O) groups is 2. The minimum atomic E-state index is -3.72. The maximum absolute atomic E-state index is 13.8. The van der Waals surface area contributed by atoms with Gasteiger partial charge in [0.25, 0.3) is 5.91 Å². The van der Waals surface area contributed by atoms with E-state index in [1.54, 1.807) is 48.5 Å². The maximum Gasteiger partial charge on any atom is 0.410 e. The van der Waals surface area contributed by atoms with Gasteiger partial charge in [-0.25, -0.2) is 13.2 Å². The maximum atomic E-state index is 13.8. The number of benzene rings is 4. The normalized spacial score (nSPS) is 14.9. The summed E-state index contributed by atoms with van der Waals surface area (Å²) in [6.45, 7) is 2.38. The van der Waals surface area contributed by atoms with Crippen molar-refractivity contribution < 1.29 is 27.6 Å². The van der Waals surface area contributed by atoms with Gasteiger partial charge in [-0.05, 0) is 73.9 Å². The molecule has 1 aliphatic heterocycles. The summed E-state index contributed by atoms with van der Waals surface area (Å²) in [7, 11) is -3.72. The number of aryl methyl sites for hydroxylation is 1. The first-order chi connectivity index (χ1) is 19.8. The molecule has 0 saturated carbocycles. The minimum Gasteiger partial charge on any atom is -0.445 e. The molecule has 0 radical (unpaired) electrons. The van der Waals surface area contributed by atoms with Crippen molar-refractivity contribution in [1.82, 2.24) is 4.90 Å². The van der Waals surface area contributed by atoms with Crippen molar-refractivity contribution in [2.75, 3.05) is 11.6 Å². The molecule has 4 aromatic carbocycles. The molecule has 41 heavy (non-hydrogen) atoms. The Bertz CT molecular complexity index is 1590. The highest BCUT2D eigenvalue weighted by Crippen LogP contribution is 2.28. The van der Waals surface area contributed by atoms with Crippen LogP contribution in [0.5, 0.6) is 5.75 Å². The fourth-order valence-electron chi connectivity index (χ4n) is 4.61. The second-order valence-electron chi connectivity index (χ2n) is 9.74. The van der Waals surface area contributed by atoms with E-state index < -0.39 is 27.9 Å².